The summed E-state index contributed by atoms with van der Waals surface area (Å²) in [5.74, 6) is 1.48. The van der Waals surface area contributed by atoms with Crippen molar-refractivity contribution < 1.29 is 13.9 Å². The number of aromatic nitrogens is 2. The second kappa shape index (κ2) is 9.10. The number of ether oxygens (including phenoxy) is 1. The van der Waals surface area contributed by atoms with E-state index in [-0.39, 0.29) is 12.5 Å². The van der Waals surface area contributed by atoms with Crippen LogP contribution in [0.3, 0.4) is 0 Å². The Hall–Kier alpha value is -3.54. The Morgan fingerprint density at radius 2 is 1.97 bits per heavy atom. The van der Waals surface area contributed by atoms with E-state index in [1.54, 1.807) is 24.7 Å². The van der Waals surface area contributed by atoms with Crippen molar-refractivity contribution in [1.29, 1.82) is 0 Å². The molecule has 0 saturated carbocycles. The first-order valence-electron chi connectivity index (χ1n) is 9.72. The number of carbonyl (C=O) groups excluding carboxylic acids is 1. The van der Waals surface area contributed by atoms with E-state index < -0.39 is 0 Å². The number of benzene rings is 2. The van der Waals surface area contributed by atoms with E-state index in [1.165, 1.54) is 5.39 Å². The lowest BCUT2D eigenvalue weighted by molar-refractivity contribution is 0.0921. The number of rotatable bonds is 9. The van der Waals surface area contributed by atoms with Crippen molar-refractivity contribution >= 4 is 16.7 Å². The highest BCUT2D eigenvalue weighted by Crippen LogP contribution is 2.21. The van der Waals surface area contributed by atoms with Gasteiger partial charge in [-0.1, -0.05) is 30.3 Å². The monoisotopic (exact) mass is 389 g/mol. The Bertz CT molecular complexity index is 1070. The van der Waals surface area contributed by atoms with Gasteiger partial charge in [-0.3, -0.25) is 4.79 Å². The number of unbranched alkanes of at least 4 members (excludes halogenated alkanes) is 1. The van der Waals surface area contributed by atoms with Crippen LogP contribution in [-0.2, 0) is 13.2 Å². The minimum Gasteiger partial charge on any atom is -0.486 e. The molecule has 4 aromatic rings. The summed E-state index contributed by atoms with van der Waals surface area (Å²) in [5, 5.41) is 5.18. The lowest BCUT2D eigenvalue weighted by atomic mass is 10.1. The van der Waals surface area contributed by atoms with E-state index in [2.05, 4.69) is 16.4 Å². The van der Waals surface area contributed by atoms with Crippen LogP contribution in [0, 0.1) is 0 Å². The molecule has 6 nitrogen and oxygen atoms in total. The van der Waals surface area contributed by atoms with E-state index in [0.717, 1.165) is 30.5 Å². The molecule has 0 saturated heterocycles. The molecule has 0 aliphatic rings. The van der Waals surface area contributed by atoms with Crippen LogP contribution in [0.15, 0.2) is 77.7 Å². The van der Waals surface area contributed by atoms with Crippen LogP contribution in [0.1, 0.15) is 29.2 Å². The van der Waals surface area contributed by atoms with Gasteiger partial charge in [-0.25, -0.2) is 4.98 Å². The number of fused-ring (bicyclic) bond motifs is 1. The average molecular weight is 389 g/mol. The van der Waals surface area contributed by atoms with Crippen LogP contribution >= 0.6 is 0 Å². The van der Waals surface area contributed by atoms with E-state index in [0.29, 0.717) is 18.1 Å². The number of hydrogen-bond donors (Lipinski definition) is 1. The van der Waals surface area contributed by atoms with Crippen molar-refractivity contribution in [3.63, 3.8) is 0 Å². The first-order valence-corrected chi connectivity index (χ1v) is 9.72. The highest BCUT2D eigenvalue weighted by Gasteiger charge is 2.11. The molecule has 0 aliphatic carbocycles. The molecule has 1 amide bonds. The molecule has 0 spiro atoms. The highest BCUT2D eigenvalue weighted by atomic mass is 16.5. The molecular weight excluding hydrogens is 366 g/mol. The van der Waals surface area contributed by atoms with Crippen molar-refractivity contribution in [2.75, 3.05) is 6.54 Å². The summed E-state index contributed by atoms with van der Waals surface area (Å²) in [6.45, 7) is 1.78. The zero-order valence-electron chi connectivity index (χ0n) is 16.1. The number of furan rings is 1. The maximum atomic E-state index is 12.2. The van der Waals surface area contributed by atoms with Crippen molar-refractivity contribution in [3.8, 4) is 5.75 Å². The number of aryl methyl sites for hydroxylation is 1. The largest absolute Gasteiger partial charge is 0.486 e. The second-order valence-corrected chi connectivity index (χ2v) is 6.83. The molecule has 6 heteroatoms. The van der Waals surface area contributed by atoms with E-state index >= 15 is 0 Å². The molecule has 29 heavy (non-hydrogen) atoms. The predicted molar refractivity (Wildman–Crippen MR) is 111 cm³/mol. The fourth-order valence-electron chi connectivity index (χ4n) is 3.12. The van der Waals surface area contributed by atoms with Crippen molar-refractivity contribution in [3.05, 3.63) is 84.8 Å². The molecule has 4 rings (SSSR count). The van der Waals surface area contributed by atoms with Gasteiger partial charge in [0.05, 0.1) is 6.33 Å². The van der Waals surface area contributed by atoms with Crippen molar-refractivity contribution in [1.82, 2.24) is 14.9 Å². The van der Waals surface area contributed by atoms with Gasteiger partial charge < -0.3 is 19.0 Å². The smallest absolute Gasteiger partial charge is 0.286 e. The number of imidazole rings is 1. The van der Waals surface area contributed by atoms with Crippen molar-refractivity contribution in [2.45, 2.75) is 26.0 Å². The molecule has 0 bridgehead atoms. The van der Waals surface area contributed by atoms with Gasteiger partial charge in [0, 0.05) is 25.5 Å². The Morgan fingerprint density at radius 3 is 2.83 bits per heavy atom. The van der Waals surface area contributed by atoms with Gasteiger partial charge in [-0.05, 0) is 47.9 Å². The number of carbonyl (C=O) groups is 1. The second-order valence-electron chi connectivity index (χ2n) is 6.83. The summed E-state index contributed by atoms with van der Waals surface area (Å²) in [5.41, 5.74) is 0. The number of nitrogens with zero attached hydrogens (tertiary/aromatic N) is 2. The Labute approximate surface area is 169 Å². The van der Waals surface area contributed by atoms with Crippen LogP contribution in [0.25, 0.3) is 10.8 Å². The maximum absolute atomic E-state index is 12.2. The maximum Gasteiger partial charge on any atom is 0.286 e. The molecule has 2 aromatic heterocycles. The lowest BCUT2D eigenvalue weighted by Gasteiger charge is -2.06. The Balaban J connectivity index is 1.22. The molecule has 2 heterocycles. The zero-order valence-corrected chi connectivity index (χ0v) is 16.1. The SMILES string of the molecule is O=C(NCCCCn1ccnc1)c1ccc(COc2ccc3ccccc3c2)o1. The molecule has 0 aliphatic heterocycles. The van der Waals surface area contributed by atoms with Crippen LogP contribution in [0.5, 0.6) is 5.75 Å². The van der Waals surface area contributed by atoms with Crippen LogP contribution < -0.4 is 10.1 Å². The molecular formula is C23H23N3O3. The van der Waals surface area contributed by atoms with Crippen LogP contribution in [0.2, 0.25) is 0 Å². The number of amides is 1. The van der Waals surface area contributed by atoms with Gasteiger partial charge in [0.2, 0.25) is 0 Å². The van der Waals surface area contributed by atoms with Crippen molar-refractivity contribution in [2.24, 2.45) is 0 Å². The fourth-order valence-corrected chi connectivity index (χ4v) is 3.12. The van der Waals surface area contributed by atoms with Gasteiger partial charge in [-0.2, -0.15) is 0 Å². The van der Waals surface area contributed by atoms with Gasteiger partial charge in [0.1, 0.15) is 18.1 Å². The third-order valence-electron chi connectivity index (χ3n) is 4.68. The average Bonchev–Trinajstić information content (AvgIpc) is 3.44. The number of hydrogen-bond acceptors (Lipinski definition) is 4. The van der Waals surface area contributed by atoms with Gasteiger partial charge >= 0.3 is 0 Å². The first-order chi connectivity index (χ1) is 14.3. The molecule has 0 radical (unpaired) electrons. The predicted octanol–water partition coefficient (Wildman–Crippen LogP) is 4.42. The first kappa shape index (κ1) is 18.8. The standard InChI is InChI=1S/C23H23N3O3/c27-23(25-11-3-4-13-26-14-12-24-17-26)22-10-9-21(29-22)16-28-20-8-7-18-5-1-2-6-19(18)15-20/h1-2,5-10,12,14-15,17H,3-4,11,13,16H2,(H,25,27). The van der Waals surface area contributed by atoms with Gasteiger partial charge in [0.25, 0.3) is 5.91 Å². The summed E-state index contributed by atoms with van der Waals surface area (Å²) in [4.78, 5) is 16.2. The summed E-state index contributed by atoms with van der Waals surface area (Å²) in [6.07, 6.45) is 7.36. The zero-order chi connectivity index (χ0) is 19.9. The van der Waals surface area contributed by atoms with Gasteiger partial charge in [-0.15, -0.1) is 0 Å². The third kappa shape index (κ3) is 5.04. The Morgan fingerprint density at radius 1 is 1.07 bits per heavy atom. The molecule has 2 aromatic carbocycles. The van der Waals surface area contributed by atoms with Crippen LogP contribution in [-0.4, -0.2) is 22.0 Å². The third-order valence-corrected chi connectivity index (χ3v) is 4.68. The topological polar surface area (TPSA) is 69.3 Å². The van der Waals surface area contributed by atoms with E-state index in [1.807, 2.05) is 47.2 Å². The summed E-state index contributed by atoms with van der Waals surface area (Å²) in [6, 6.07) is 17.5. The summed E-state index contributed by atoms with van der Waals surface area (Å²) in [7, 11) is 0. The minimum absolute atomic E-state index is 0.204. The fraction of sp³-hybridized carbons (Fsp3) is 0.217. The molecule has 1 N–H and O–H groups in total. The quantitative estimate of drug-likeness (QED) is 0.430. The highest BCUT2D eigenvalue weighted by molar-refractivity contribution is 5.91. The molecule has 148 valence electrons. The Kier molecular flexibility index (Phi) is 5.90. The normalized spacial score (nSPS) is 10.9. The molecule has 0 atom stereocenters. The molecule has 0 unspecified atom stereocenters. The molecule has 0 fully saturated rings. The van der Waals surface area contributed by atoms with Gasteiger partial charge in [0.15, 0.2) is 5.76 Å². The minimum atomic E-state index is -0.204. The lowest BCUT2D eigenvalue weighted by Crippen LogP contribution is -2.24. The van der Waals surface area contributed by atoms with Crippen LogP contribution in [0.4, 0.5) is 0 Å². The van der Waals surface area contributed by atoms with E-state index in [4.69, 9.17) is 9.15 Å². The van der Waals surface area contributed by atoms with E-state index in [9.17, 15) is 4.79 Å². The summed E-state index contributed by atoms with van der Waals surface area (Å²) < 4.78 is 13.5. The summed E-state index contributed by atoms with van der Waals surface area (Å²) >= 11 is 0. The number of nitrogens with one attached hydrogen (secondary N) is 1.